The molecule has 3 rings (SSSR count). The van der Waals surface area contributed by atoms with Crippen molar-refractivity contribution in [3.63, 3.8) is 0 Å². The number of carbonyl (C=O) groups is 1. The van der Waals surface area contributed by atoms with Crippen LogP contribution in [0, 0.1) is 6.92 Å². The smallest absolute Gasteiger partial charge is 0.276 e. The lowest BCUT2D eigenvalue weighted by Crippen LogP contribution is -2.30. The van der Waals surface area contributed by atoms with Crippen molar-refractivity contribution in [3.05, 3.63) is 52.9 Å². The van der Waals surface area contributed by atoms with Crippen LogP contribution in [0.25, 0.3) is 0 Å². The molecule has 1 amide bonds. The molecule has 0 unspecified atom stereocenters. The summed E-state index contributed by atoms with van der Waals surface area (Å²) in [5, 5.41) is 3.96. The number of aromatic nitrogens is 1. The minimum atomic E-state index is -0.0184. The van der Waals surface area contributed by atoms with E-state index in [1.54, 1.807) is 6.07 Å². The summed E-state index contributed by atoms with van der Waals surface area (Å²) in [6, 6.07) is 10.4. The van der Waals surface area contributed by atoms with E-state index in [0.717, 1.165) is 38.0 Å². The molecule has 1 fully saturated rings. The van der Waals surface area contributed by atoms with Crippen molar-refractivity contribution >= 4 is 5.91 Å². The number of hydrogen-bond acceptors (Lipinski definition) is 3. The lowest BCUT2D eigenvalue weighted by molar-refractivity contribution is 0.0725. The number of benzene rings is 1. The maximum absolute atomic E-state index is 12.7. The highest BCUT2D eigenvalue weighted by molar-refractivity contribution is 5.92. The van der Waals surface area contributed by atoms with Crippen LogP contribution in [0.3, 0.4) is 0 Å². The molecule has 4 heteroatoms. The Labute approximate surface area is 131 Å². The molecule has 0 saturated carbocycles. The minimum absolute atomic E-state index is 0.0184. The van der Waals surface area contributed by atoms with Gasteiger partial charge in [-0.15, -0.1) is 0 Å². The van der Waals surface area contributed by atoms with Gasteiger partial charge in [0, 0.05) is 19.0 Å². The SMILES string of the molecule is CCCc1cc(C(=O)N2CCC[C@H]2c2cccc(C)c2)no1. The predicted octanol–water partition coefficient (Wildman–Crippen LogP) is 3.91. The topological polar surface area (TPSA) is 46.3 Å². The second-order valence-electron chi connectivity index (χ2n) is 6.00. The van der Waals surface area contributed by atoms with Crippen molar-refractivity contribution in [2.75, 3.05) is 6.54 Å². The molecule has 0 aliphatic carbocycles. The highest BCUT2D eigenvalue weighted by Gasteiger charge is 2.32. The van der Waals surface area contributed by atoms with E-state index in [1.807, 2.05) is 4.90 Å². The number of aryl methyl sites for hydroxylation is 2. The summed E-state index contributed by atoms with van der Waals surface area (Å²) < 4.78 is 5.25. The summed E-state index contributed by atoms with van der Waals surface area (Å²) in [6.45, 7) is 4.95. The van der Waals surface area contributed by atoms with E-state index in [-0.39, 0.29) is 11.9 Å². The molecule has 116 valence electrons. The molecule has 1 aromatic heterocycles. The number of rotatable bonds is 4. The van der Waals surface area contributed by atoms with Crippen molar-refractivity contribution in [1.29, 1.82) is 0 Å². The zero-order valence-electron chi connectivity index (χ0n) is 13.2. The predicted molar refractivity (Wildman–Crippen MR) is 84.7 cm³/mol. The van der Waals surface area contributed by atoms with Gasteiger partial charge < -0.3 is 9.42 Å². The monoisotopic (exact) mass is 298 g/mol. The summed E-state index contributed by atoms with van der Waals surface area (Å²) in [5.41, 5.74) is 2.87. The molecule has 1 atom stereocenters. The summed E-state index contributed by atoms with van der Waals surface area (Å²) >= 11 is 0. The second kappa shape index (κ2) is 6.34. The second-order valence-corrected chi connectivity index (χ2v) is 6.00. The Hall–Kier alpha value is -2.10. The molecule has 2 heterocycles. The van der Waals surface area contributed by atoms with Gasteiger partial charge in [-0.3, -0.25) is 4.79 Å². The Kier molecular flexibility index (Phi) is 4.27. The molecule has 2 aromatic rings. The molecule has 0 bridgehead atoms. The highest BCUT2D eigenvalue weighted by Crippen LogP contribution is 2.33. The Morgan fingerprint density at radius 3 is 3.05 bits per heavy atom. The van der Waals surface area contributed by atoms with Crippen LogP contribution in [0.1, 0.15) is 59.6 Å². The molecule has 0 spiro atoms. The molecule has 22 heavy (non-hydrogen) atoms. The van der Waals surface area contributed by atoms with Crippen LogP contribution < -0.4 is 0 Å². The first-order valence-electron chi connectivity index (χ1n) is 8.02. The Balaban J connectivity index is 1.81. The van der Waals surface area contributed by atoms with Crippen molar-refractivity contribution < 1.29 is 9.32 Å². The lowest BCUT2D eigenvalue weighted by atomic mass is 10.0. The van der Waals surface area contributed by atoms with Crippen LogP contribution in [0.15, 0.2) is 34.9 Å². The summed E-state index contributed by atoms with van der Waals surface area (Å²) in [4.78, 5) is 14.7. The van der Waals surface area contributed by atoms with Crippen molar-refractivity contribution in [1.82, 2.24) is 10.1 Å². The molecule has 1 aliphatic heterocycles. The average molecular weight is 298 g/mol. The Bertz CT molecular complexity index is 663. The van der Waals surface area contributed by atoms with Gasteiger partial charge in [-0.1, -0.05) is 41.9 Å². The van der Waals surface area contributed by atoms with Crippen molar-refractivity contribution in [3.8, 4) is 0 Å². The normalized spacial score (nSPS) is 17.9. The first-order chi connectivity index (χ1) is 10.7. The molecule has 1 aromatic carbocycles. The standard InChI is InChI=1S/C18H22N2O2/c1-3-6-15-12-16(19-22-15)18(21)20-10-5-9-17(20)14-8-4-7-13(2)11-14/h4,7-8,11-12,17H,3,5-6,9-10H2,1-2H3/t17-/m0/s1. The van der Waals surface area contributed by atoms with Crippen LogP contribution in [-0.2, 0) is 6.42 Å². The fourth-order valence-electron chi connectivity index (χ4n) is 3.16. The first-order valence-corrected chi connectivity index (χ1v) is 8.02. The van der Waals surface area contributed by atoms with Gasteiger partial charge in [-0.2, -0.15) is 0 Å². The van der Waals surface area contributed by atoms with Gasteiger partial charge in [0.25, 0.3) is 5.91 Å². The van der Waals surface area contributed by atoms with E-state index >= 15 is 0 Å². The zero-order chi connectivity index (χ0) is 15.5. The number of hydrogen-bond donors (Lipinski definition) is 0. The molecule has 1 saturated heterocycles. The van der Waals surface area contributed by atoms with E-state index < -0.39 is 0 Å². The van der Waals surface area contributed by atoms with Gasteiger partial charge in [0.1, 0.15) is 5.76 Å². The van der Waals surface area contributed by atoms with E-state index in [4.69, 9.17) is 4.52 Å². The first kappa shape index (κ1) is 14.8. The van der Waals surface area contributed by atoms with Crippen molar-refractivity contribution in [2.24, 2.45) is 0 Å². The van der Waals surface area contributed by atoms with Crippen LogP contribution in [0.5, 0.6) is 0 Å². The number of amides is 1. The van der Waals surface area contributed by atoms with E-state index in [0.29, 0.717) is 5.69 Å². The average Bonchev–Trinajstić information content (AvgIpc) is 3.16. The number of likely N-dealkylation sites (tertiary alicyclic amines) is 1. The number of nitrogens with zero attached hydrogens (tertiary/aromatic N) is 2. The fourth-order valence-corrected chi connectivity index (χ4v) is 3.16. The fraction of sp³-hybridized carbons (Fsp3) is 0.444. The van der Waals surface area contributed by atoms with Crippen LogP contribution in [0.2, 0.25) is 0 Å². The molecule has 4 nitrogen and oxygen atoms in total. The summed E-state index contributed by atoms with van der Waals surface area (Å²) in [7, 11) is 0. The van der Waals surface area contributed by atoms with E-state index in [1.165, 1.54) is 11.1 Å². The highest BCUT2D eigenvalue weighted by atomic mass is 16.5. The summed E-state index contributed by atoms with van der Waals surface area (Å²) in [6.07, 6.45) is 3.85. The van der Waals surface area contributed by atoms with Gasteiger partial charge in [0.05, 0.1) is 6.04 Å². The van der Waals surface area contributed by atoms with Gasteiger partial charge in [-0.25, -0.2) is 0 Å². The number of carbonyl (C=O) groups excluding carboxylic acids is 1. The lowest BCUT2D eigenvalue weighted by Gasteiger charge is -2.24. The molecular weight excluding hydrogens is 276 g/mol. The maximum Gasteiger partial charge on any atom is 0.276 e. The van der Waals surface area contributed by atoms with Crippen molar-refractivity contribution in [2.45, 2.75) is 45.6 Å². The quantitative estimate of drug-likeness (QED) is 0.859. The summed E-state index contributed by atoms with van der Waals surface area (Å²) in [5.74, 6) is 0.771. The van der Waals surface area contributed by atoms with Gasteiger partial charge >= 0.3 is 0 Å². The third-order valence-corrected chi connectivity index (χ3v) is 4.22. The van der Waals surface area contributed by atoms with Crippen LogP contribution in [0.4, 0.5) is 0 Å². The third kappa shape index (κ3) is 2.91. The molecule has 1 aliphatic rings. The zero-order valence-corrected chi connectivity index (χ0v) is 13.2. The van der Waals surface area contributed by atoms with E-state index in [9.17, 15) is 4.79 Å². The van der Waals surface area contributed by atoms with Crippen LogP contribution in [-0.4, -0.2) is 22.5 Å². The molecule has 0 radical (unpaired) electrons. The Morgan fingerprint density at radius 2 is 2.27 bits per heavy atom. The minimum Gasteiger partial charge on any atom is -0.361 e. The maximum atomic E-state index is 12.7. The third-order valence-electron chi connectivity index (χ3n) is 4.22. The molecule has 0 N–H and O–H groups in total. The Morgan fingerprint density at radius 1 is 1.41 bits per heavy atom. The van der Waals surface area contributed by atoms with Gasteiger partial charge in [0.15, 0.2) is 5.69 Å². The van der Waals surface area contributed by atoms with Gasteiger partial charge in [-0.05, 0) is 31.7 Å². The van der Waals surface area contributed by atoms with Crippen LogP contribution >= 0.6 is 0 Å². The molecular formula is C18H22N2O2. The van der Waals surface area contributed by atoms with E-state index in [2.05, 4.69) is 43.3 Å². The van der Waals surface area contributed by atoms with Gasteiger partial charge in [0.2, 0.25) is 0 Å². The largest absolute Gasteiger partial charge is 0.361 e.